The molecule has 2 aromatic heterocycles. The van der Waals surface area contributed by atoms with Crippen LogP contribution in [0.4, 0.5) is 11.5 Å². The molecule has 1 fully saturated rings. The third-order valence-electron chi connectivity index (χ3n) is 7.82. The van der Waals surface area contributed by atoms with Gasteiger partial charge < -0.3 is 9.80 Å². The fourth-order valence-electron chi connectivity index (χ4n) is 5.69. The third kappa shape index (κ3) is 5.11. The number of carbonyl (C=O) groups is 1. The molecule has 0 bridgehead atoms. The summed E-state index contributed by atoms with van der Waals surface area (Å²) >= 11 is 1.83. The van der Waals surface area contributed by atoms with Crippen molar-refractivity contribution in [1.82, 2.24) is 14.9 Å². The molecule has 4 aromatic rings. The molecule has 6 rings (SSSR count). The molecule has 39 heavy (non-hydrogen) atoms. The Hall–Kier alpha value is -3.85. The Morgan fingerprint density at radius 3 is 2.54 bits per heavy atom. The Morgan fingerprint density at radius 1 is 1.00 bits per heavy atom. The molecule has 1 amide bonds. The van der Waals surface area contributed by atoms with Gasteiger partial charge in [-0.05, 0) is 49.8 Å². The SMILES string of the molecule is Cc1ccc(C(=O)N2CCN(c3nc(Cc4ccccc4)nc4sc5c(c34)CCCCC5)CC2)cc1[N+](=O)[O-]. The third-order valence-corrected chi connectivity index (χ3v) is 9.00. The molecule has 9 heteroatoms. The molecule has 0 spiro atoms. The van der Waals surface area contributed by atoms with Crippen LogP contribution >= 0.6 is 11.3 Å². The number of rotatable bonds is 5. The highest BCUT2D eigenvalue weighted by atomic mass is 32.1. The molecule has 200 valence electrons. The molecular weight excluding hydrogens is 510 g/mol. The summed E-state index contributed by atoms with van der Waals surface area (Å²) in [7, 11) is 0. The molecule has 0 atom stereocenters. The lowest BCUT2D eigenvalue weighted by atomic mass is 10.1. The average molecular weight is 542 g/mol. The van der Waals surface area contributed by atoms with Gasteiger partial charge in [0.2, 0.25) is 0 Å². The molecule has 0 unspecified atom stereocenters. The quantitative estimate of drug-likeness (QED) is 0.182. The summed E-state index contributed by atoms with van der Waals surface area (Å²) < 4.78 is 0. The van der Waals surface area contributed by atoms with Gasteiger partial charge in [-0.3, -0.25) is 14.9 Å². The number of fused-ring (bicyclic) bond motifs is 3. The van der Waals surface area contributed by atoms with E-state index in [2.05, 4.69) is 17.0 Å². The zero-order valence-corrected chi connectivity index (χ0v) is 22.9. The lowest BCUT2D eigenvalue weighted by molar-refractivity contribution is -0.385. The summed E-state index contributed by atoms with van der Waals surface area (Å²) in [5, 5.41) is 12.6. The van der Waals surface area contributed by atoms with E-state index in [0.29, 0.717) is 43.7 Å². The molecule has 8 nitrogen and oxygen atoms in total. The largest absolute Gasteiger partial charge is 0.352 e. The maximum atomic E-state index is 13.2. The minimum atomic E-state index is -0.429. The summed E-state index contributed by atoms with van der Waals surface area (Å²) in [6, 6.07) is 15.0. The Bertz CT molecular complexity index is 1540. The van der Waals surface area contributed by atoms with Crippen LogP contribution < -0.4 is 4.90 Å². The molecule has 1 aliphatic heterocycles. The van der Waals surface area contributed by atoms with Gasteiger partial charge in [-0.1, -0.05) is 42.8 Å². The Kier molecular flexibility index (Phi) is 6.99. The van der Waals surface area contributed by atoms with Gasteiger partial charge in [-0.25, -0.2) is 9.97 Å². The van der Waals surface area contributed by atoms with E-state index >= 15 is 0 Å². The first-order chi connectivity index (χ1) is 19.0. The van der Waals surface area contributed by atoms with Crippen LogP contribution in [0.15, 0.2) is 48.5 Å². The number of aryl methyl sites for hydroxylation is 3. The lowest BCUT2D eigenvalue weighted by Crippen LogP contribution is -2.49. The molecule has 0 radical (unpaired) electrons. The second-order valence-electron chi connectivity index (χ2n) is 10.4. The molecule has 0 N–H and O–H groups in total. The normalized spacial score (nSPS) is 15.7. The summed E-state index contributed by atoms with van der Waals surface area (Å²) in [6.45, 7) is 4.06. The van der Waals surface area contributed by atoms with E-state index in [1.165, 1.54) is 46.7 Å². The molecule has 0 saturated carbocycles. The number of nitro groups is 1. The molecule has 1 aliphatic carbocycles. The van der Waals surface area contributed by atoms with Crippen LogP contribution in [-0.2, 0) is 19.3 Å². The van der Waals surface area contributed by atoms with Crippen LogP contribution in [0.3, 0.4) is 0 Å². The number of thiophene rings is 1. The van der Waals surface area contributed by atoms with Gasteiger partial charge >= 0.3 is 0 Å². The topological polar surface area (TPSA) is 92.5 Å². The molecule has 2 aliphatic rings. The minimum Gasteiger partial charge on any atom is -0.352 e. The number of carbonyl (C=O) groups excluding carboxylic acids is 1. The maximum absolute atomic E-state index is 13.2. The monoisotopic (exact) mass is 541 g/mol. The van der Waals surface area contributed by atoms with E-state index in [9.17, 15) is 14.9 Å². The van der Waals surface area contributed by atoms with Crippen molar-refractivity contribution in [3.63, 3.8) is 0 Å². The van der Waals surface area contributed by atoms with Crippen LogP contribution in [0.1, 0.15) is 57.0 Å². The predicted octanol–water partition coefficient (Wildman–Crippen LogP) is 5.73. The highest BCUT2D eigenvalue weighted by Crippen LogP contribution is 2.39. The average Bonchev–Trinajstić information content (AvgIpc) is 3.13. The number of benzene rings is 2. The number of anilines is 1. The molecule has 3 heterocycles. The predicted molar refractivity (Wildman–Crippen MR) is 154 cm³/mol. The summed E-state index contributed by atoms with van der Waals surface area (Å²) in [4.78, 5) is 41.0. The van der Waals surface area contributed by atoms with E-state index in [0.717, 1.165) is 29.3 Å². The Balaban J connectivity index is 1.29. The molecule has 1 saturated heterocycles. The summed E-state index contributed by atoms with van der Waals surface area (Å²) in [6.07, 6.45) is 6.51. The number of nitrogens with zero attached hydrogens (tertiary/aromatic N) is 5. The smallest absolute Gasteiger partial charge is 0.273 e. The zero-order valence-electron chi connectivity index (χ0n) is 22.1. The first-order valence-corrected chi connectivity index (χ1v) is 14.4. The molecular formula is C30H31N5O3S. The van der Waals surface area contributed by atoms with Crippen LogP contribution in [0.5, 0.6) is 0 Å². The van der Waals surface area contributed by atoms with E-state index in [4.69, 9.17) is 9.97 Å². The van der Waals surface area contributed by atoms with Crippen molar-refractivity contribution < 1.29 is 9.72 Å². The summed E-state index contributed by atoms with van der Waals surface area (Å²) in [5.74, 6) is 1.65. The first-order valence-electron chi connectivity index (χ1n) is 13.6. The van der Waals surface area contributed by atoms with Gasteiger partial charge in [0.25, 0.3) is 11.6 Å². The van der Waals surface area contributed by atoms with Crippen molar-refractivity contribution in [2.45, 2.75) is 45.4 Å². The van der Waals surface area contributed by atoms with Crippen molar-refractivity contribution >= 4 is 39.0 Å². The van der Waals surface area contributed by atoms with Crippen molar-refractivity contribution in [2.24, 2.45) is 0 Å². The lowest BCUT2D eigenvalue weighted by Gasteiger charge is -2.36. The maximum Gasteiger partial charge on any atom is 0.273 e. The fraction of sp³-hybridized carbons (Fsp3) is 0.367. The highest BCUT2D eigenvalue weighted by Gasteiger charge is 2.28. The van der Waals surface area contributed by atoms with Gasteiger partial charge in [-0.15, -0.1) is 11.3 Å². The van der Waals surface area contributed by atoms with Crippen molar-refractivity contribution in [3.8, 4) is 0 Å². The van der Waals surface area contributed by atoms with Gasteiger partial charge in [0.05, 0.1) is 10.3 Å². The fourth-order valence-corrected chi connectivity index (χ4v) is 6.96. The number of piperazine rings is 1. The minimum absolute atomic E-state index is 0.0213. The first kappa shape index (κ1) is 25.4. The van der Waals surface area contributed by atoms with Crippen LogP contribution in [0.2, 0.25) is 0 Å². The van der Waals surface area contributed by atoms with Gasteiger partial charge in [0.1, 0.15) is 16.5 Å². The van der Waals surface area contributed by atoms with Crippen LogP contribution in [0.25, 0.3) is 10.2 Å². The van der Waals surface area contributed by atoms with Gasteiger partial charge in [-0.2, -0.15) is 0 Å². The van der Waals surface area contributed by atoms with E-state index in [-0.39, 0.29) is 11.6 Å². The second-order valence-corrected chi connectivity index (χ2v) is 11.5. The summed E-state index contributed by atoms with van der Waals surface area (Å²) in [5.41, 5.74) is 3.49. The Labute approximate surface area is 231 Å². The highest BCUT2D eigenvalue weighted by molar-refractivity contribution is 7.19. The van der Waals surface area contributed by atoms with E-state index < -0.39 is 4.92 Å². The van der Waals surface area contributed by atoms with Crippen molar-refractivity contribution in [1.29, 1.82) is 0 Å². The second kappa shape index (κ2) is 10.7. The number of nitro benzene ring substituents is 1. The van der Waals surface area contributed by atoms with E-state index in [1.54, 1.807) is 24.0 Å². The van der Waals surface area contributed by atoms with Crippen molar-refractivity contribution in [2.75, 3.05) is 31.1 Å². The van der Waals surface area contributed by atoms with Gasteiger partial charge in [0, 0.05) is 54.7 Å². The standard InChI is InChI=1S/C30H31N5O3S/c1-20-12-13-22(19-24(20)35(37)38)30(36)34-16-14-33(15-17-34)28-27-23-10-6-3-7-11-25(23)39-29(27)32-26(31-28)18-21-8-4-2-5-9-21/h2,4-5,8-9,12-13,19H,3,6-7,10-11,14-18H2,1H3. The zero-order chi connectivity index (χ0) is 26.9. The number of aromatic nitrogens is 2. The van der Waals surface area contributed by atoms with Crippen molar-refractivity contribution in [3.05, 3.63) is 91.6 Å². The number of hydrogen-bond donors (Lipinski definition) is 0. The number of hydrogen-bond acceptors (Lipinski definition) is 7. The molecule has 2 aromatic carbocycles. The van der Waals surface area contributed by atoms with Crippen LogP contribution in [0, 0.1) is 17.0 Å². The Morgan fingerprint density at radius 2 is 1.77 bits per heavy atom. The van der Waals surface area contributed by atoms with E-state index in [1.807, 2.05) is 29.5 Å². The van der Waals surface area contributed by atoms with Crippen LogP contribution in [-0.4, -0.2) is 51.9 Å². The number of amides is 1. The van der Waals surface area contributed by atoms with Gasteiger partial charge in [0.15, 0.2) is 0 Å².